The molecule has 0 fully saturated rings. The Bertz CT molecular complexity index is 1130. The molecule has 0 N–H and O–H groups in total. The summed E-state index contributed by atoms with van der Waals surface area (Å²) in [7, 11) is 1.61. The molecule has 170 valence electrons. The number of benzene rings is 2. The first-order valence-electron chi connectivity index (χ1n) is 10.9. The molecule has 0 aliphatic rings. The number of aromatic nitrogens is 2. The van der Waals surface area contributed by atoms with E-state index in [1.54, 1.807) is 17.7 Å². The second kappa shape index (κ2) is 10.9. The summed E-state index contributed by atoms with van der Waals surface area (Å²) in [6, 6.07) is 14.4. The molecule has 1 atom stereocenters. The number of methoxy groups -OCH3 is 1. The Hall–Kier alpha value is -2.51. The fraction of sp³-hybridized carbons (Fsp3) is 0.400. The molecule has 0 saturated carbocycles. The van der Waals surface area contributed by atoms with Gasteiger partial charge in [0, 0.05) is 23.7 Å². The third-order valence-corrected chi connectivity index (χ3v) is 5.91. The van der Waals surface area contributed by atoms with Gasteiger partial charge in [-0.1, -0.05) is 48.8 Å². The summed E-state index contributed by atoms with van der Waals surface area (Å²) in [4.78, 5) is 33.7. The van der Waals surface area contributed by atoms with Gasteiger partial charge in [-0.05, 0) is 48.7 Å². The Kier molecular flexibility index (Phi) is 8.21. The standard InChI is InChI=1S/C25H30BrN3O3/c1-5-22(29(16-17(2)3)24(30)18-10-12-19(26)13-11-18)23-27-21-9-7-6-8-20(21)25(31)28(23)14-15-32-4/h6-13,17,22H,5,14-16H2,1-4H3. The van der Waals surface area contributed by atoms with E-state index in [1.807, 2.05) is 54.3 Å². The predicted molar refractivity (Wildman–Crippen MR) is 131 cm³/mol. The van der Waals surface area contributed by atoms with E-state index in [1.165, 1.54) is 0 Å². The Labute approximate surface area is 197 Å². The fourth-order valence-electron chi connectivity index (χ4n) is 3.88. The molecule has 1 amide bonds. The number of fused-ring (bicyclic) bond motifs is 1. The van der Waals surface area contributed by atoms with Crippen LogP contribution < -0.4 is 5.56 Å². The third kappa shape index (κ3) is 5.27. The molecule has 0 spiro atoms. The number of rotatable bonds is 9. The summed E-state index contributed by atoms with van der Waals surface area (Å²) in [5.41, 5.74) is 1.14. The third-order valence-electron chi connectivity index (χ3n) is 5.39. The number of para-hydroxylation sites is 1. The molecular formula is C25H30BrN3O3. The summed E-state index contributed by atoms with van der Waals surface area (Å²) in [6.07, 6.45) is 0.632. The first-order chi connectivity index (χ1) is 15.4. The van der Waals surface area contributed by atoms with Gasteiger partial charge in [-0.25, -0.2) is 4.98 Å². The maximum atomic E-state index is 13.6. The van der Waals surface area contributed by atoms with Crippen molar-refractivity contribution in [2.45, 2.75) is 39.8 Å². The summed E-state index contributed by atoms with van der Waals surface area (Å²) >= 11 is 3.43. The van der Waals surface area contributed by atoms with Gasteiger partial charge in [-0.2, -0.15) is 0 Å². The number of ether oxygens (including phenoxy) is 1. The molecule has 0 bridgehead atoms. The fourth-order valence-corrected chi connectivity index (χ4v) is 4.15. The van der Waals surface area contributed by atoms with Gasteiger partial charge in [-0.3, -0.25) is 14.2 Å². The molecule has 3 aromatic rings. The van der Waals surface area contributed by atoms with Crippen LogP contribution in [0.3, 0.4) is 0 Å². The van der Waals surface area contributed by atoms with Gasteiger partial charge in [-0.15, -0.1) is 0 Å². The number of halogens is 1. The van der Waals surface area contributed by atoms with Crippen LogP contribution in [0.1, 0.15) is 49.4 Å². The van der Waals surface area contributed by atoms with Gasteiger partial charge in [0.15, 0.2) is 0 Å². The lowest BCUT2D eigenvalue weighted by atomic mass is 10.1. The van der Waals surface area contributed by atoms with Gasteiger partial charge >= 0.3 is 0 Å². The minimum absolute atomic E-state index is 0.0706. The van der Waals surface area contributed by atoms with Crippen molar-refractivity contribution in [1.82, 2.24) is 14.5 Å². The first-order valence-corrected chi connectivity index (χ1v) is 11.7. The summed E-state index contributed by atoms with van der Waals surface area (Å²) in [5, 5.41) is 0.567. The Morgan fingerprint density at radius 1 is 1.16 bits per heavy atom. The lowest BCUT2D eigenvalue weighted by molar-refractivity contribution is 0.0626. The number of carbonyl (C=O) groups is 1. The molecular weight excluding hydrogens is 470 g/mol. The lowest BCUT2D eigenvalue weighted by Gasteiger charge is -2.33. The van der Waals surface area contributed by atoms with E-state index in [-0.39, 0.29) is 23.4 Å². The SMILES string of the molecule is CCC(c1nc2ccccc2c(=O)n1CCOC)N(CC(C)C)C(=O)c1ccc(Br)cc1. The van der Waals surface area contributed by atoms with Crippen molar-refractivity contribution in [2.24, 2.45) is 5.92 Å². The average molecular weight is 500 g/mol. The molecule has 7 heteroatoms. The average Bonchev–Trinajstić information content (AvgIpc) is 2.78. The van der Waals surface area contributed by atoms with Crippen molar-refractivity contribution in [3.05, 3.63) is 74.7 Å². The highest BCUT2D eigenvalue weighted by molar-refractivity contribution is 9.10. The lowest BCUT2D eigenvalue weighted by Crippen LogP contribution is -2.41. The maximum Gasteiger partial charge on any atom is 0.261 e. The van der Waals surface area contributed by atoms with E-state index >= 15 is 0 Å². The minimum Gasteiger partial charge on any atom is -0.383 e. The van der Waals surface area contributed by atoms with Crippen LogP contribution >= 0.6 is 15.9 Å². The molecule has 32 heavy (non-hydrogen) atoms. The molecule has 1 aromatic heterocycles. The molecule has 1 unspecified atom stereocenters. The van der Waals surface area contributed by atoms with Crippen molar-refractivity contribution < 1.29 is 9.53 Å². The molecule has 0 radical (unpaired) electrons. The minimum atomic E-state index is -0.345. The van der Waals surface area contributed by atoms with E-state index in [2.05, 4.69) is 29.8 Å². The summed E-state index contributed by atoms with van der Waals surface area (Å²) in [5.74, 6) is 0.779. The zero-order valence-electron chi connectivity index (χ0n) is 19.0. The van der Waals surface area contributed by atoms with E-state index in [9.17, 15) is 9.59 Å². The molecule has 0 saturated heterocycles. The highest BCUT2D eigenvalue weighted by atomic mass is 79.9. The van der Waals surface area contributed by atoms with Crippen molar-refractivity contribution >= 4 is 32.7 Å². The monoisotopic (exact) mass is 499 g/mol. The van der Waals surface area contributed by atoms with Crippen LogP contribution in [0.5, 0.6) is 0 Å². The van der Waals surface area contributed by atoms with Crippen LogP contribution in [0.2, 0.25) is 0 Å². The molecule has 0 aliphatic carbocycles. The van der Waals surface area contributed by atoms with Crippen LogP contribution in [0.15, 0.2) is 57.8 Å². The van der Waals surface area contributed by atoms with Gasteiger partial charge in [0.2, 0.25) is 0 Å². The van der Waals surface area contributed by atoms with Crippen molar-refractivity contribution in [3.8, 4) is 0 Å². The second-order valence-corrected chi connectivity index (χ2v) is 9.13. The van der Waals surface area contributed by atoms with Crippen LogP contribution in [0.4, 0.5) is 0 Å². The zero-order valence-corrected chi connectivity index (χ0v) is 20.6. The van der Waals surface area contributed by atoms with E-state index in [4.69, 9.17) is 9.72 Å². The van der Waals surface area contributed by atoms with Crippen LogP contribution in [0.25, 0.3) is 10.9 Å². The van der Waals surface area contributed by atoms with E-state index < -0.39 is 0 Å². The zero-order chi connectivity index (χ0) is 23.3. The van der Waals surface area contributed by atoms with Crippen molar-refractivity contribution in [1.29, 1.82) is 0 Å². The van der Waals surface area contributed by atoms with Crippen LogP contribution in [-0.2, 0) is 11.3 Å². The molecule has 0 aliphatic heterocycles. The van der Waals surface area contributed by atoms with Gasteiger partial charge < -0.3 is 9.64 Å². The predicted octanol–water partition coefficient (Wildman–Crippen LogP) is 5.05. The quantitative estimate of drug-likeness (QED) is 0.412. The Morgan fingerprint density at radius 3 is 2.47 bits per heavy atom. The number of amides is 1. The van der Waals surface area contributed by atoms with Gasteiger partial charge in [0.1, 0.15) is 5.82 Å². The smallest absolute Gasteiger partial charge is 0.261 e. The largest absolute Gasteiger partial charge is 0.383 e. The van der Waals surface area contributed by atoms with Crippen molar-refractivity contribution in [2.75, 3.05) is 20.3 Å². The van der Waals surface area contributed by atoms with E-state index in [0.717, 1.165) is 4.47 Å². The normalized spacial score (nSPS) is 12.3. The molecule has 2 aromatic carbocycles. The number of hydrogen-bond donors (Lipinski definition) is 0. The summed E-state index contributed by atoms with van der Waals surface area (Å²) < 4.78 is 7.85. The van der Waals surface area contributed by atoms with E-state index in [0.29, 0.717) is 48.4 Å². The van der Waals surface area contributed by atoms with Gasteiger partial charge in [0.05, 0.1) is 30.1 Å². The van der Waals surface area contributed by atoms with Gasteiger partial charge in [0.25, 0.3) is 11.5 Å². The number of hydrogen-bond acceptors (Lipinski definition) is 4. The first kappa shape index (κ1) is 24.1. The Balaban J connectivity index is 2.16. The number of nitrogens with zero attached hydrogens (tertiary/aromatic N) is 3. The Morgan fingerprint density at radius 2 is 1.84 bits per heavy atom. The van der Waals surface area contributed by atoms with Crippen LogP contribution in [-0.4, -0.2) is 40.6 Å². The topological polar surface area (TPSA) is 64.4 Å². The van der Waals surface area contributed by atoms with Crippen LogP contribution in [0, 0.1) is 5.92 Å². The maximum absolute atomic E-state index is 13.6. The molecule has 1 heterocycles. The van der Waals surface area contributed by atoms with Crippen molar-refractivity contribution in [3.63, 3.8) is 0 Å². The molecule has 6 nitrogen and oxygen atoms in total. The number of carbonyl (C=O) groups excluding carboxylic acids is 1. The highest BCUT2D eigenvalue weighted by Gasteiger charge is 2.29. The highest BCUT2D eigenvalue weighted by Crippen LogP contribution is 2.27. The molecule has 3 rings (SSSR count). The summed E-state index contributed by atoms with van der Waals surface area (Å²) in [6.45, 7) is 7.51. The second-order valence-electron chi connectivity index (χ2n) is 8.22.